The van der Waals surface area contributed by atoms with Crippen LogP contribution in [-0.4, -0.2) is 78.9 Å². The zero-order valence-corrected chi connectivity index (χ0v) is 16.9. The van der Waals surface area contributed by atoms with E-state index in [0.717, 1.165) is 51.5 Å². The van der Waals surface area contributed by atoms with Gasteiger partial charge in [0.2, 0.25) is 5.91 Å². The van der Waals surface area contributed by atoms with Gasteiger partial charge in [-0.25, -0.2) is 4.98 Å². The van der Waals surface area contributed by atoms with Crippen molar-refractivity contribution in [1.82, 2.24) is 25.1 Å². The van der Waals surface area contributed by atoms with Gasteiger partial charge in [-0.2, -0.15) is 0 Å². The topological polar surface area (TPSA) is 74.7 Å². The second-order valence-electron chi connectivity index (χ2n) is 8.21. The van der Waals surface area contributed by atoms with Crippen molar-refractivity contribution in [3.8, 4) is 0 Å². The van der Waals surface area contributed by atoms with Crippen LogP contribution in [-0.2, 0) is 22.6 Å². The van der Waals surface area contributed by atoms with Crippen molar-refractivity contribution in [3.05, 3.63) is 24.0 Å². The number of aromatic nitrogens is 2. The smallest absolute Gasteiger partial charge is 0.225 e. The van der Waals surface area contributed by atoms with Gasteiger partial charge in [0, 0.05) is 56.4 Å². The molecule has 0 spiro atoms. The van der Waals surface area contributed by atoms with Crippen molar-refractivity contribution in [2.24, 2.45) is 0 Å². The number of hydrogen-bond donors (Lipinski definition) is 2. The minimum absolute atomic E-state index is 0.178. The van der Waals surface area contributed by atoms with Crippen molar-refractivity contribution in [2.45, 2.75) is 32.0 Å². The fourth-order valence-electron chi connectivity index (χ4n) is 4.41. The summed E-state index contributed by atoms with van der Waals surface area (Å²) in [6, 6.07) is 4.93. The molecule has 1 atom stereocenters. The average Bonchev–Trinajstić information content (AvgIpc) is 3.09. The van der Waals surface area contributed by atoms with E-state index in [4.69, 9.17) is 9.72 Å². The van der Waals surface area contributed by atoms with Gasteiger partial charge in [-0.05, 0) is 25.1 Å². The van der Waals surface area contributed by atoms with Crippen LogP contribution in [0.4, 0.5) is 5.69 Å². The van der Waals surface area contributed by atoms with Crippen LogP contribution in [0.5, 0.6) is 0 Å². The molecule has 29 heavy (non-hydrogen) atoms. The van der Waals surface area contributed by atoms with Gasteiger partial charge in [0.25, 0.3) is 0 Å². The molecule has 5 heterocycles. The highest BCUT2D eigenvalue weighted by Crippen LogP contribution is 2.26. The number of piperazine rings is 1. The Labute approximate surface area is 171 Å². The number of ether oxygens (including phenoxy) is 1. The standard InChI is InChI=1S/C21H30N6O2/c28-20(2-10-29-15-17-1-3-23-17)26-8-9-27-19(14-26)12-16-11-18(13-24-21(16)27)25-6-4-22-5-7-25/h11-13,17,22-23H,1-10,14-15H2. The molecule has 0 aromatic carbocycles. The minimum Gasteiger partial charge on any atom is -0.379 e. The Morgan fingerprint density at radius 1 is 1.17 bits per heavy atom. The van der Waals surface area contributed by atoms with E-state index in [1.807, 2.05) is 11.1 Å². The number of anilines is 1. The summed E-state index contributed by atoms with van der Waals surface area (Å²) < 4.78 is 7.92. The van der Waals surface area contributed by atoms with Crippen LogP contribution in [0.15, 0.2) is 18.3 Å². The summed E-state index contributed by atoms with van der Waals surface area (Å²) in [5.74, 6) is 0.178. The van der Waals surface area contributed by atoms with Crippen LogP contribution in [0.3, 0.4) is 0 Å². The van der Waals surface area contributed by atoms with Crippen LogP contribution < -0.4 is 15.5 Å². The highest BCUT2D eigenvalue weighted by atomic mass is 16.5. The van der Waals surface area contributed by atoms with Crippen molar-refractivity contribution < 1.29 is 9.53 Å². The molecule has 3 aliphatic rings. The Morgan fingerprint density at radius 2 is 2.03 bits per heavy atom. The molecular weight excluding hydrogens is 368 g/mol. The fourth-order valence-corrected chi connectivity index (χ4v) is 4.41. The lowest BCUT2D eigenvalue weighted by Gasteiger charge is -2.30. The predicted octanol–water partition coefficient (Wildman–Crippen LogP) is 0.557. The van der Waals surface area contributed by atoms with E-state index in [1.54, 1.807) is 0 Å². The molecule has 2 saturated heterocycles. The normalized spacial score (nSPS) is 21.9. The molecule has 0 aliphatic carbocycles. The third-order valence-corrected chi connectivity index (χ3v) is 6.29. The molecule has 2 fully saturated rings. The third-order valence-electron chi connectivity index (χ3n) is 6.29. The van der Waals surface area contributed by atoms with Gasteiger partial charge >= 0.3 is 0 Å². The summed E-state index contributed by atoms with van der Waals surface area (Å²) >= 11 is 0. The Morgan fingerprint density at radius 3 is 2.83 bits per heavy atom. The van der Waals surface area contributed by atoms with Gasteiger partial charge in [0.15, 0.2) is 0 Å². The molecule has 156 valence electrons. The lowest BCUT2D eigenvalue weighted by atomic mass is 10.1. The maximum absolute atomic E-state index is 12.6. The fraction of sp³-hybridized carbons (Fsp3) is 0.619. The van der Waals surface area contributed by atoms with Gasteiger partial charge in [-0.15, -0.1) is 0 Å². The van der Waals surface area contributed by atoms with Gasteiger partial charge in [0.1, 0.15) is 5.65 Å². The van der Waals surface area contributed by atoms with Crippen LogP contribution in [0.2, 0.25) is 0 Å². The number of rotatable bonds is 6. The highest BCUT2D eigenvalue weighted by molar-refractivity contribution is 5.82. The summed E-state index contributed by atoms with van der Waals surface area (Å²) in [4.78, 5) is 21.7. The maximum atomic E-state index is 12.6. The first-order valence-corrected chi connectivity index (χ1v) is 10.8. The first-order chi connectivity index (χ1) is 14.3. The second kappa shape index (κ2) is 8.30. The molecule has 0 bridgehead atoms. The first kappa shape index (κ1) is 18.8. The largest absolute Gasteiger partial charge is 0.379 e. The molecule has 8 nitrogen and oxygen atoms in total. The Balaban J connectivity index is 1.21. The average molecular weight is 399 g/mol. The van der Waals surface area contributed by atoms with E-state index < -0.39 is 0 Å². The lowest BCUT2D eigenvalue weighted by Crippen LogP contribution is -2.46. The maximum Gasteiger partial charge on any atom is 0.225 e. The molecular formula is C21H30N6O2. The second-order valence-corrected chi connectivity index (χ2v) is 8.21. The highest BCUT2D eigenvalue weighted by Gasteiger charge is 2.24. The van der Waals surface area contributed by atoms with Crippen LogP contribution in [0.25, 0.3) is 11.0 Å². The number of fused-ring (bicyclic) bond motifs is 3. The van der Waals surface area contributed by atoms with E-state index >= 15 is 0 Å². The number of carbonyl (C=O) groups excluding carboxylic acids is 1. The number of hydrogen-bond acceptors (Lipinski definition) is 6. The number of carbonyl (C=O) groups is 1. The summed E-state index contributed by atoms with van der Waals surface area (Å²) in [6.45, 7) is 8.56. The van der Waals surface area contributed by atoms with E-state index in [9.17, 15) is 4.79 Å². The van der Waals surface area contributed by atoms with Crippen molar-refractivity contribution in [2.75, 3.05) is 57.4 Å². The third kappa shape index (κ3) is 3.97. The summed E-state index contributed by atoms with van der Waals surface area (Å²) in [5, 5.41) is 7.87. The SMILES string of the molecule is O=C(CCOCC1CCN1)N1CCn2c(cc3cc(N4CCNCC4)cnc32)C1. The number of amides is 1. The van der Waals surface area contributed by atoms with E-state index in [0.29, 0.717) is 32.2 Å². The number of nitrogens with zero attached hydrogens (tertiary/aromatic N) is 4. The van der Waals surface area contributed by atoms with Gasteiger partial charge < -0.3 is 29.7 Å². The number of nitrogens with one attached hydrogen (secondary N) is 2. The quantitative estimate of drug-likeness (QED) is 0.693. The van der Waals surface area contributed by atoms with Crippen molar-refractivity contribution in [3.63, 3.8) is 0 Å². The van der Waals surface area contributed by atoms with Crippen LogP contribution >= 0.6 is 0 Å². The Hall–Kier alpha value is -2.16. The van der Waals surface area contributed by atoms with Crippen molar-refractivity contribution >= 4 is 22.6 Å². The van der Waals surface area contributed by atoms with Crippen molar-refractivity contribution in [1.29, 1.82) is 0 Å². The summed E-state index contributed by atoms with van der Waals surface area (Å²) in [5.41, 5.74) is 3.39. The molecule has 3 aliphatic heterocycles. The number of pyridine rings is 1. The molecule has 0 saturated carbocycles. The van der Waals surface area contributed by atoms with Gasteiger partial charge in [0.05, 0.1) is 38.1 Å². The van der Waals surface area contributed by atoms with Gasteiger partial charge in [-0.1, -0.05) is 0 Å². The molecule has 1 amide bonds. The Kier molecular flexibility index (Phi) is 5.39. The summed E-state index contributed by atoms with van der Waals surface area (Å²) in [6.07, 6.45) is 3.63. The van der Waals surface area contributed by atoms with Gasteiger partial charge in [-0.3, -0.25) is 4.79 Å². The molecule has 2 aromatic rings. The monoisotopic (exact) mass is 398 g/mol. The van der Waals surface area contributed by atoms with E-state index in [1.165, 1.54) is 23.2 Å². The molecule has 5 rings (SSSR count). The lowest BCUT2D eigenvalue weighted by molar-refractivity contribution is -0.133. The zero-order valence-electron chi connectivity index (χ0n) is 16.9. The van der Waals surface area contributed by atoms with E-state index in [2.05, 4.69) is 32.2 Å². The van der Waals surface area contributed by atoms with E-state index in [-0.39, 0.29) is 5.91 Å². The molecule has 1 unspecified atom stereocenters. The summed E-state index contributed by atoms with van der Waals surface area (Å²) in [7, 11) is 0. The molecule has 8 heteroatoms. The molecule has 2 aromatic heterocycles. The zero-order chi connectivity index (χ0) is 19.6. The minimum atomic E-state index is 0.178. The molecule has 2 N–H and O–H groups in total. The first-order valence-electron chi connectivity index (χ1n) is 10.8. The van der Waals surface area contributed by atoms with Crippen LogP contribution in [0.1, 0.15) is 18.5 Å². The Bertz CT molecular complexity index is 871. The molecule has 0 radical (unpaired) electrons. The predicted molar refractivity (Wildman–Crippen MR) is 112 cm³/mol. The van der Waals surface area contributed by atoms with Crippen LogP contribution in [0, 0.1) is 0 Å².